The van der Waals surface area contributed by atoms with Crippen molar-refractivity contribution in [2.24, 2.45) is 0 Å². The molecule has 1 heterocycles. The first kappa shape index (κ1) is 19.0. The summed E-state index contributed by atoms with van der Waals surface area (Å²) in [6.07, 6.45) is 0.832. The smallest absolute Gasteiger partial charge is 0.123 e. The molecule has 146 valence electrons. The summed E-state index contributed by atoms with van der Waals surface area (Å²) in [6, 6.07) is 27.0. The van der Waals surface area contributed by atoms with Crippen LogP contribution in [0, 0.1) is 5.82 Å². The van der Waals surface area contributed by atoms with Crippen molar-refractivity contribution in [3.05, 3.63) is 108 Å². The molecule has 1 aromatic heterocycles. The predicted octanol–water partition coefficient (Wildman–Crippen LogP) is 4.46. The Labute approximate surface area is 170 Å². The molecule has 0 fully saturated rings. The van der Waals surface area contributed by atoms with E-state index < -0.39 is 0 Å². The number of hydrogen-bond donors (Lipinski definition) is 1. The zero-order valence-corrected chi connectivity index (χ0v) is 16.1. The zero-order valence-electron chi connectivity index (χ0n) is 16.1. The Bertz CT molecular complexity index is 1030. The summed E-state index contributed by atoms with van der Waals surface area (Å²) in [7, 11) is 0. The summed E-state index contributed by atoms with van der Waals surface area (Å²) >= 11 is 0. The fourth-order valence-electron chi connectivity index (χ4n) is 3.23. The molecule has 0 aliphatic carbocycles. The third-order valence-corrected chi connectivity index (χ3v) is 4.74. The number of nitrogens with one attached hydrogen (secondary N) is 1. The number of benzene rings is 3. The minimum atomic E-state index is -0.204. The standard InChI is InChI=1S/C24H23FN4/c25-22-13-11-19(12-14-22)15-16-26-17-23-24(21-9-5-2-6-10-21)28-29(27-23)18-20-7-3-1-4-8-20/h1-14,26H,15-18H2. The van der Waals surface area contributed by atoms with E-state index in [4.69, 9.17) is 10.2 Å². The second kappa shape index (κ2) is 9.26. The summed E-state index contributed by atoms with van der Waals surface area (Å²) < 4.78 is 13.0. The summed E-state index contributed by atoms with van der Waals surface area (Å²) in [4.78, 5) is 1.76. The number of hydrogen-bond acceptors (Lipinski definition) is 3. The lowest BCUT2D eigenvalue weighted by Crippen LogP contribution is -2.17. The Morgan fingerprint density at radius 1 is 0.759 bits per heavy atom. The quantitative estimate of drug-likeness (QED) is 0.455. The van der Waals surface area contributed by atoms with E-state index in [1.54, 1.807) is 4.80 Å². The van der Waals surface area contributed by atoms with E-state index in [0.29, 0.717) is 13.1 Å². The number of nitrogens with zero attached hydrogens (tertiary/aromatic N) is 3. The van der Waals surface area contributed by atoms with Crippen molar-refractivity contribution in [1.29, 1.82) is 0 Å². The molecule has 0 spiro atoms. The van der Waals surface area contributed by atoms with Crippen LogP contribution in [-0.2, 0) is 19.5 Å². The van der Waals surface area contributed by atoms with Crippen LogP contribution in [0.5, 0.6) is 0 Å². The third-order valence-electron chi connectivity index (χ3n) is 4.74. The summed E-state index contributed by atoms with van der Waals surface area (Å²) in [6.45, 7) is 2.04. The summed E-state index contributed by atoms with van der Waals surface area (Å²) in [5, 5.41) is 12.9. The van der Waals surface area contributed by atoms with Crippen LogP contribution in [0.15, 0.2) is 84.9 Å². The van der Waals surface area contributed by atoms with E-state index >= 15 is 0 Å². The van der Waals surface area contributed by atoms with Crippen molar-refractivity contribution in [2.75, 3.05) is 6.54 Å². The van der Waals surface area contributed by atoms with Crippen molar-refractivity contribution >= 4 is 0 Å². The van der Waals surface area contributed by atoms with E-state index in [-0.39, 0.29) is 5.82 Å². The maximum Gasteiger partial charge on any atom is 0.123 e. The monoisotopic (exact) mass is 386 g/mol. The van der Waals surface area contributed by atoms with E-state index in [0.717, 1.165) is 41.0 Å². The van der Waals surface area contributed by atoms with Gasteiger partial charge in [0.05, 0.1) is 6.54 Å². The Kier molecular flexibility index (Phi) is 6.07. The second-order valence-corrected chi connectivity index (χ2v) is 6.93. The summed E-state index contributed by atoms with van der Waals surface area (Å²) in [5.74, 6) is -0.204. The van der Waals surface area contributed by atoms with Gasteiger partial charge in [-0.3, -0.25) is 0 Å². The maximum atomic E-state index is 13.0. The van der Waals surface area contributed by atoms with E-state index in [2.05, 4.69) is 29.6 Å². The molecule has 0 radical (unpaired) electrons. The first-order valence-electron chi connectivity index (χ1n) is 9.76. The fraction of sp³-hybridized carbons (Fsp3) is 0.167. The lowest BCUT2D eigenvalue weighted by molar-refractivity contribution is 0.576. The minimum absolute atomic E-state index is 0.204. The predicted molar refractivity (Wildman–Crippen MR) is 113 cm³/mol. The molecule has 0 saturated carbocycles. The molecule has 0 aliphatic heterocycles. The van der Waals surface area contributed by atoms with Crippen LogP contribution in [0.25, 0.3) is 11.3 Å². The highest BCUT2D eigenvalue weighted by Gasteiger charge is 2.13. The Balaban J connectivity index is 1.46. The molecule has 5 heteroatoms. The molecule has 1 N–H and O–H groups in total. The van der Waals surface area contributed by atoms with Gasteiger partial charge >= 0.3 is 0 Å². The van der Waals surface area contributed by atoms with Gasteiger partial charge in [-0.15, -0.1) is 0 Å². The first-order chi connectivity index (χ1) is 14.3. The highest BCUT2D eigenvalue weighted by molar-refractivity contribution is 5.60. The Morgan fingerprint density at radius 3 is 2.17 bits per heavy atom. The van der Waals surface area contributed by atoms with Crippen LogP contribution in [0.2, 0.25) is 0 Å². The molecule has 4 aromatic rings. The van der Waals surface area contributed by atoms with Gasteiger partial charge in [0.25, 0.3) is 0 Å². The van der Waals surface area contributed by atoms with Crippen LogP contribution in [-0.4, -0.2) is 21.5 Å². The van der Waals surface area contributed by atoms with Gasteiger partial charge in [-0.1, -0.05) is 72.8 Å². The van der Waals surface area contributed by atoms with Crippen molar-refractivity contribution in [3.63, 3.8) is 0 Å². The lowest BCUT2D eigenvalue weighted by atomic mass is 10.1. The highest BCUT2D eigenvalue weighted by Crippen LogP contribution is 2.20. The molecule has 29 heavy (non-hydrogen) atoms. The molecule has 0 bridgehead atoms. The lowest BCUT2D eigenvalue weighted by Gasteiger charge is -2.05. The van der Waals surface area contributed by atoms with Crippen LogP contribution >= 0.6 is 0 Å². The van der Waals surface area contributed by atoms with Gasteiger partial charge < -0.3 is 5.32 Å². The average molecular weight is 386 g/mol. The van der Waals surface area contributed by atoms with E-state index in [1.165, 1.54) is 12.1 Å². The number of halogens is 1. The van der Waals surface area contributed by atoms with E-state index in [9.17, 15) is 4.39 Å². The van der Waals surface area contributed by atoms with E-state index in [1.807, 2.05) is 48.5 Å². The molecule has 0 unspecified atom stereocenters. The van der Waals surface area contributed by atoms with Crippen LogP contribution in [0.4, 0.5) is 4.39 Å². The van der Waals surface area contributed by atoms with Crippen molar-refractivity contribution in [2.45, 2.75) is 19.5 Å². The van der Waals surface area contributed by atoms with Gasteiger partial charge in [-0.05, 0) is 36.2 Å². The van der Waals surface area contributed by atoms with Gasteiger partial charge in [0.15, 0.2) is 0 Å². The van der Waals surface area contributed by atoms with Gasteiger partial charge in [0, 0.05) is 12.1 Å². The van der Waals surface area contributed by atoms with Crippen LogP contribution in [0.1, 0.15) is 16.8 Å². The molecule has 3 aromatic carbocycles. The SMILES string of the molecule is Fc1ccc(CCNCc2nn(Cc3ccccc3)nc2-c2ccccc2)cc1. The van der Waals surface area contributed by atoms with Crippen LogP contribution < -0.4 is 5.32 Å². The molecule has 4 nitrogen and oxygen atoms in total. The van der Waals surface area contributed by atoms with Gasteiger partial charge in [-0.25, -0.2) is 4.39 Å². The zero-order chi connectivity index (χ0) is 19.9. The Hall–Kier alpha value is -3.31. The van der Waals surface area contributed by atoms with Crippen LogP contribution in [0.3, 0.4) is 0 Å². The highest BCUT2D eigenvalue weighted by atomic mass is 19.1. The normalized spacial score (nSPS) is 10.9. The Morgan fingerprint density at radius 2 is 1.45 bits per heavy atom. The largest absolute Gasteiger partial charge is 0.311 e. The van der Waals surface area contributed by atoms with Crippen molar-refractivity contribution < 1.29 is 4.39 Å². The molecular formula is C24H23FN4. The van der Waals surface area contributed by atoms with Gasteiger partial charge in [-0.2, -0.15) is 15.0 Å². The third kappa shape index (κ3) is 5.15. The van der Waals surface area contributed by atoms with Gasteiger partial charge in [0.2, 0.25) is 0 Å². The molecule has 0 amide bonds. The average Bonchev–Trinajstić information content (AvgIpc) is 3.16. The molecule has 0 aliphatic rings. The summed E-state index contributed by atoms with van der Waals surface area (Å²) in [5.41, 5.74) is 5.15. The van der Waals surface area contributed by atoms with Crippen molar-refractivity contribution in [1.82, 2.24) is 20.3 Å². The van der Waals surface area contributed by atoms with Crippen molar-refractivity contribution in [3.8, 4) is 11.3 Å². The minimum Gasteiger partial charge on any atom is -0.311 e. The van der Waals surface area contributed by atoms with Gasteiger partial charge in [0.1, 0.15) is 17.2 Å². The molecule has 0 atom stereocenters. The molecule has 4 rings (SSSR count). The molecular weight excluding hydrogens is 363 g/mol. The molecule has 0 saturated heterocycles. The number of aromatic nitrogens is 3. The number of rotatable bonds is 8. The first-order valence-corrected chi connectivity index (χ1v) is 9.76. The fourth-order valence-corrected chi connectivity index (χ4v) is 3.23. The topological polar surface area (TPSA) is 42.7 Å². The maximum absolute atomic E-state index is 13.0. The second-order valence-electron chi connectivity index (χ2n) is 6.93.